The molecule has 0 spiro atoms. The Morgan fingerprint density at radius 1 is 1.62 bits per heavy atom. The Labute approximate surface area is 111 Å². The Morgan fingerprint density at radius 2 is 2.25 bits per heavy atom. The van der Waals surface area contributed by atoms with Gasteiger partial charge in [0, 0.05) is 19.7 Å². The SMILES string of the molecule is C=CCN(C)S(=O)(=O)Cn1nc(Br)cc1Br. The molecule has 1 aromatic rings. The highest BCUT2D eigenvalue weighted by Crippen LogP contribution is 2.17. The van der Waals surface area contributed by atoms with Crippen molar-refractivity contribution < 1.29 is 8.42 Å². The van der Waals surface area contributed by atoms with Gasteiger partial charge in [-0.15, -0.1) is 6.58 Å². The first-order valence-electron chi connectivity index (χ1n) is 4.30. The normalized spacial score (nSPS) is 12.0. The summed E-state index contributed by atoms with van der Waals surface area (Å²) in [6, 6.07) is 1.68. The largest absolute Gasteiger partial charge is 0.241 e. The third-order valence-corrected chi connectivity index (χ3v) is 4.54. The van der Waals surface area contributed by atoms with Crippen LogP contribution in [0.3, 0.4) is 0 Å². The number of rotatable bonds is 5. The highest BCUT2D eigenvalue weighted by Gasteiger charge is 2.19. The maximum atomic E-state index is 11.8. The van der Waals surface area contributed by atoms with Crippen LogP contribution in [0.4, 0.5) is 0 Å². The van der Waals surface area contributed by atoms with Crippen LogP contribution >= 0.6 is 31.9 Å². The Hall–Kier alpha value is -0.180. The van der Waals surface area contributed by atoms with Gasteiger partial charge in [-0.25, -0.2) is 13.1 Å². The van der Waals surface area contributed by atoms with E-state index in [0.717, 1.165) is 0 Å². The lowest BCUT2D eigenvalue weighted by molar-refractivity contribution is 0.483. The topological polar surface area (TPSA) is 55.2 Å². The second kappa shape index (κ2) is 5.44. The van der Waals surface area contributed by atoms with Gasteiger partial charge in [0.05, 0.1) is 0 Å². The minimum Gasteiger partial charge on any atom is -0.241 e. The van der Waals surface area contributed by atoms with Crippen LogP contribution < -0.4 is 0 Å². The van der Waals surface area contributed by atoms with Gasteiger partial charge in [-0.3, -0.25) is 0 Å². The zero-order chi connectivity index (χ0) is 12.3. The summed E-state index contributed by atoms with van der Waals surface area (Å²) in [6.45, 7) is 3.78. The number of hydrogen-bond donors (Lipinski definition) is 0. The van der Waals surface area contributed by atoms with E-state index in [1.807, 2.05) is 0 Å². The monoisotopic (exact) mass is 371 g/mol. The first-order chi connectivity index (χ1) is 7.36. The fourth-order valence-corrected chi connectivity index (χ4v) is 3.34. The van der Waals surface area contributed by atoms with Crippen LogP contribution in [0.1, 0.15) is 0 Å². The number of halogens is 2. The Kier molecular flexibility index (Phi) is 4.72. The predicted octanol–water partition coefficient (Wildman–Crippen LogP) is 1.81. The zero-order valence-corrected chi connectivity index (χ0v) is 12.6. The van der Waals surface area contributed by atoms with Gasteiger partial charge in [0.25, 0.3) is 0 Å². The Morgan fingerprint density at radius 3 is 2.69 bits per heavy atom. The summed E-state index contributed by atoms with van der Waals surface area (Å²) in [5.41, 5.74) is 0. The fourth-order valence-electron chi connectivity index (χ4n) is 1.00. The van der Waals surface area contributed by atoms with Crippen LogP contribution in [0, 0.1) is 0 Å². The van der Waals surface area contributed by atoms with E-state index in [9.17, 15) is 8.42 Å². The molecular formula is C8H11Br2N3O2S. The van der Waals surface area contributed by atoms with E-state index in [4.69, 9.17) is 0 Å². The standard InChI is InChI=1S/C8H11Br2N3O2S/c1-3-4-12(2)16(14,15)6-13-8(10)5-7(9)11-13/h3,5H,1,4,6H2,2H3. The number of sulfonamides is 1. The van der Waals surface area contributed by atoms with Crippen molar-refractivity contribution in [3.05, 3.63) is 27.9 Å². The summed E-state index contributed by atoms with van der Waals surface area (Å²) in [6.07, 6.45) is 1.53. The van der Waals surface area contributed by atoms with Crippen molar-refractivity contribution in [2.24, 2.45) is 0 Å². The molecule has 0 fully saturated rings. The van der Waals surface area contributed by atoms with Gasteiger partial charge < -0.3 is 0 Å². The summed E-state index contributed by atoms with van der Waals surface area (Å²) in [4.78, 5) is 0. The molecule has 0 amide bonds. The fraction of sp³-hybridized carbons (Fsp3) is 0.375. The lowest BCUT2D eigenvalue weighted by Gasteiger charge is -2.15. The van der Waals surface area contributed by atoms with E-state index in [1.54, 1.807) is 6.07 Å². The molecule has 0 atom stereocenters. The molecule has 5 nitrogen and oxygen atoms in total. The van der Waals surface area contributed by atoms with Crippen LogP contribution in [0.25, 0.3) is 0 Å². The molecule has 90 valence electrons. The summed E-state index contributed by atoms with van der Waals surface area (Å²) in [7, 11) is -1.87. The third kappa shape index (κ3) is 3.41. The van der Waals surface area contributed by atoms with Crippen molar-refractivity contribution in [2.75, 3.05) is 13.6 Å². The van der Waals surface area contributed by atoms with E-state index in [0.29, 0.717) is 9.21 Å². The van der Waals surface area contributed by atoms with Crippen LogP contribution in [0.2, 0.25) is 0 Å². The van der Waals surface area contributed by atoms with Gasteiger partial charge in [0.1, 0.15) is 9.21 Å². The first kappa shape index (κ1) is 13.9. The van der Waals surface area contributed by atoms with Crippen molar-refractivity contribution in [3.63, 3.8) is 0 Å². The van der Waals surface area contributed by atoms with E-state index in [1.165, 1.54) is 22.1 Å². The molecule has 0 aliphatic carbocycles. The maximum absolute atomic E-state index is 11.8. The molecule has 0 aromatic carbocycles. The molecule has 1 aromatic heterocycles. The molecule has 8 heteroatoms. The Bertz CT molecular complexity index is 483. The second-order valence-electron chi connectivity index (χ2n) is 3.10. The van der Waals surface area contributed by atoms with Crippen LogP contribution in [-0.4, -0.2) is 36.1 Å². The number of likely N-dealkylation sites (N-methyl/N-ethyl adjacent to an activating group) is 1. The molecule has 0 saturated heterocycles. The van der Waals surface area contributed by atoms with Crippen LogP contribution in [0.5, 0.6) is 0 Å². The van der Waals surface area contributed by atoms with E-state index >= 15 is 0 Å². The minimum atomic E-state index is -3.37. The van der Waals surface area contributed by atoms with Gasteiger partial charge in [-0.1, -0.05) is 6.08 Å². The van der Waals surface area contributed by atoms with Crippen molar-refractivity contribution in [2.45, 2.75) is 5.88 Å². The molecular weight excluding hydrogens is 362 g/mol. The molecule has 1 heterocycles. The van der Waals surface area contributed by atoms with Crippen molar-refractivity contribution >= 4 is 41.9 Å². The lowest BCUT2D eigenvalue weighted by atomic mass is 10.6. The molecule has 16 heavy (non-hydrogen) atoms. The molecule has 0 saturated carbocycles. The van der Waals surface area contributed by atoms with Crippen LogP contribution in [-0.2, 0) is 15.9 Å². The predicted molar refractivity (Wildman–Crippen MR) is 69.4 cm³/mol. The Balaban J connectivity index is 2.88. The zero-order valence-electron chi connectivity index (χ0n) is 8.60. The third-order valence-electron chi connectivity index (χ3n) is 1.85. The summed E-state index contributed by atoms with van der Waals surface area (Å²) in [5, 5.41) is 3.99. The molecule has 0 unspecified atom stereocenters. The summed E-state index contributed by atoms with van der Waals surface area (Å²) in [5.74, 6) is -0.205. The molecule has 0 radical (unpaired) electrons. The van der Waals surface area contributed by atoms with Gasteiger partial charge in [-0.2, -0.15) is 9.40 Å². The number of hydrogen-bond acceptors (Lipinski definition) is 3. The maximum Gasteiger partial charge on any atom is 0.234 e. The van der Waals surface area contributed by atoms with Gasteiger partial charge in [-0.05, 0) is 31.9 Å². The first-order valence-corrected chi connectivity index (χ1v) is 7.50. The minimum absolute atomic E-state index is 0.205. The number of nitrogens with zero attached hydrogens (tertiary/aromatic N) is 3. The van der Waals surface area contributed by atoms with Crippen molar-refractivity contribution in [1.29, 1.82) is 0 Å². The van der Waals surface area contributed by atoms with E-state index < -0.39 is 10.0 Å². The van der Waals surface area contributed by atoms with Gasteiger partial charge >= 0.3 is 0 Å². The highest BCUT2D eigenvalue weighted by molar-refractivity contribution is 9.11. The van der Waals surface area contributed by atoms with Gasteiger partial charge in [0.2, 0.25) is 10.0 Å². The average Bonchev–Trinajstić information content (AvgIpc) is 2.44. The molecule has 0 bridgehead atoms. The summed E-state index contributed by atoms with van der Waals surface area (Å²) < 4.78 is 27.4. The van der Waals surface area contributed by atoms with E-state index in [-0.39, 0.29) is 12.4 Å². The number of aromatic nitrogens is 2. The molecule has 0 aliphatic rings. The lowest BCUT2D eigenvalue weighted by Crippen LogP contribution is -2.30. The molecule has 0 N–H and O–H groups in total. The van der Waals surface area contributed by atoms with Gasteiger partial charge in [0.15, 0.2) is 5.88 Å². The quantitative estimate of drug-likeness (QED) is 0.740. The second-order valence-corrected chi connectivity index (χ2v) is 6.77. The average molecular weight is 373 g/mol. The van der Waals surface area contributed by atoms with Crippen molar-refractivity contribution in [1.82, 2.24) is 14.1 Å². The van der Waals surface area contributed by atoms with Crippen LogP contribution in [0.15, 0.2) is 27.9 Å². The van der Waals surface area contributed by atoms with Crippen molar-refractivity contribution in [3.8, 4) is 0 Å². The molecule has 0 aliphatic heterocycles. The summed E-state index contributed by atoms with van der Waals surface area (Å²) >= 11 is 6.40. The van der Waals surface area contributed by atoms with E-state index in [2.05, 4.69) is 43.5 Å². The smallest absolute Gasteiger partial charge is 0.234 e. The highest BCUT2D eigenvalue weighted by atomic mass is 79.9. The molecule has 1 rings (SSSR count).